The van der Waals surface area contributed by atoms with Crippen molar-refractivity contribution in [1.82, 2.24) is 20.2 Å². The molecule has 0 aliphatic rings. The molecule has 0 radical (unpaired) electrons. The zero-order valence-corrected chi connectivity index (χ0v) is 12.8. The van der Waals surface area contributed by atoms with Crippen LogP contribution in [0, 0.1) is 12.8 Å². The summed E-state index contributed by atoms with van der Waals surface area (Å²) in [6.45, 7) is 4.34. The topological polar surface area (TPSA) is 80.9 Å². The van der Waals surface area contributed by atoms with Gasteiger partial charge in [0, 0.05) is 23.0 Å². The van der Waals surface area contributed by atoms with Gasteiger partial charge in [-0.1, -0.05) is 22.9 Å². The first kappa shape index (κ1) is 14.6. The molecule has 2 rings (SSSR count). The van der Waals surface area contributed by atoms with Crippen molar-refractivity contribution in [3.63, 3.8) is 0 Å². The number of aryl methyl sites for hydroxylation is 1. The Kier molecular flexibility index (Phi) is 4.49. The lowest BCUT2D eigenvalue weighted by Gasteiger charge is -2.10. The molecule has 0 aliphatic carbocycles. The molecule has 1 unspecified atom stereocenters. The van der Waals surface area contributed by atoms with E-state index < -0.39 is 5.97 Å². The molecule has 20 heavy (non-hydrogen) atoms. The van der Waals surface area contributed by atoms with E-state index in [9.17, 15) is 4.79 Å². The second-order valence-electron chi connectivity index (χ2n) is 4.85. The standard InChI is InChI=1S/C13H15BrN4O2/c1-8(5-12(19)20)7-18-13(15-16-17-18)10-3-4-11(14)9(2)6-10/h3-4,6,8H,5,7H2,1-2H3,(H,19,20). The highest BCUT2D eigenvalue weighted by Gasteiger charge is 2.14. The van der Waals surface area contributed by atoms with Crippen LogP contribution in [0.1, 0.15) is 18.9 Å². The van der Waals surface area contributed by atoms with E-state index in [-0.39, 0.29) is 12.3 Å². The van der Waals surface area contributed by atoms with E-state index in [0.29, 0.717) is 12.4 Å². The highest BCUT2D eigenvalue weighted by molar-refractivity contribution is 9.10. The van der Waals surface area contributed by atoms with E-state index in [1.165, 1.54) is 0 Å². The number of tetrazole rings is 1. The van der Waals surface area contributed by atoms with Gasteiger partial charge in [0.15, 0.2) is 5.82 Å². The van der Waals surface area contributed by atoms with Crippen LogP contribution in [0.15, 0.2) is 22.7 Å². The Morgan fingerprint density at radius 1 is 1.50 bits per heavy atom. The SMILES string of the molecule is Cc1cc(-c2nnnn2CC(C)CC(=O)O)ccc1Br. The van der Waals surface area contributed by atoms with Crippen molar-refractivity contribution in [2.75, 3.05) is 0 Å². The van der Waals surface area contributed by atoms with E-state index in [0.717, 1.165) is 15.6 Å². The van der Waals surface area contributed by atoms with Crippen LogP contribution in [0.4, 0.5) is 0 Å². The highest BCUT2D eigenvalue weighted by atomic mass is 79.9. The van der Waals surface area contributed by atoms with Gasteiger partial charge in [0.25, 0.3) is 0 Å². The quantitative estimate of drug-likeness (QED) is 0.905. The molecule has 0 saturated carbocycles. The van der Waals surface area contributed by atoms with Gasteiger partial charge in [-0.05, 0) is 47.0 Å². The van der Waals surface area contributed by atoms with E-state index in [1.54, 1.807) is 4.68 Å². The minimum Gasteiger partial charge on any atom is -0.481 e. The van der Waals surface area contributed by atoms with Crippen molar-refractivity contribution < 1.29 is 9.90 Å². The van der Waals surface area contributed by atoms with Gasteiger partial charge in [0.2, 0.25) is 0 Å². The molecule has 106 valence electrons. The third-order valence-corrected chi connectivity index (χ3v) is 3.85. The molecule has 1 aromatic carbocycles. The monoisotopic (exact) mass is 338 g/mol. The molecular weight excluding hydrogens is 324 g/mol. The summed E-state index contributed by atoms with van der Waals surface area (Å²) in [7, 11) is 0. The number of benzene rings is 1. The van der Waals surface area contributed by atoms with Crippen LogP contribution in [-0.2, 0) is 11.3 Å². The molecule has 7 heteroatoms. The summed E-state index contributed by atoms with van der Waals surface area (Å²) in [4.78, 5) is 10.7. The Bertz CT molecular complexity index is 627. The fourth-order valence-corrected chi connectivity index (χ4v) is 2.22. The van der Waals surface area contributed by atoms with Gasteiger partial charge in [0.05, 0.1) is 0 Å². The molecule has 0 aliphatic heterocycles. The number of hydrogen-bond acceptors (Lipinski definition) is 4. The lowest BCUT2D eigenvalue weighted by molar-refractivity contribution is -0.138. The van der Waals surface area contributed by atoms with Crippen molar-refractivity contribution >= 4 is 21.9 Å². The largest absolute Gasteiger partial charge is 0.481 e. The minimum absolute atomic E-state index is 0.0358. The number of nitrogens with zero attached hydrogens (tertiary/aromatic N) is 4. The van der Waals surface area contributed by atoms with Gasteiger partial charge in [-0.25, -0.2) is 4.68 Å². The molecular formula is C13H15BrN4O2. The summed E-state index contributed by atoms with van der Waals surface area (Å²) in [5, 5.41) is 20.5. The smallest absolute Gasteiger partial charge is 0.303 e. The number of carboxylic acid groups (broad SMARTS) is 1. The second kappa shape index (κ2) is 6.13. The van der Waals surface area contributed by atoms with Gasteiger partial charge < -0.3 is 5.11 Å². The fraction of sp³-hybridized carbons (Fsp3) is 0.385. The van der Waals surface area contributed by atoms with Crippen molar-refractivity contribution in [2.24, 2.45) is 5.92 Å². The van der Waals surface area contributed by atoms with Crippen molar-refractivity contribution in [2.45, 2.75) is 26.8 Å². The van der Waals surface area contributed by atoms with Gasteiger partial charge in [-0.15, -0.1) is 5.10 Å². The van der Waals surface area contributed by atoms with E-state index >= 15 is 0 Å². The number of carbonyl (C=O) groups is 1. The van der Waals surface area contributed by atoms with Gasteiger partial charge >= 0.3 is 5.97 Å². The number of aromatic nitrogens is 4. The number of halogens is 1. The minimum atomic E-state index is -0.813. The Balaban J connectivity index is 2.23. The lowest BCUT2D eigenvalue weighted by atomic mass is 10.1. The van der Waals surface area contributed by atoms with Crippen LogP contribution >= 0.6 is 15.9 Å². The summed E-state index contributed by atoms with van der Waals surface area (Å²) in [6, 6.07) is 5.87. The van der Waals surface area contributed by atoms with Crippen LogP contribution in [-0.4, -0.2) is 31.3 Å². The van der Waals surface area contributed by atoms with Crippen molar-refractivity contribution in [3.8, 4) is 11.4 Å². The molecule has 0 amide bonds. The first-order valence-corrected chi connectivity index (χ1v) is 7.01. The Labute approximate surface area is 124 Å². The summed E-state index contributed by atoms with van der Waals surface area (Å²) in [6.07, 6.45) is 0.0959. The number of hydrogen-bond donors (Lipinski definition) is 1. The molecule has 6 nitrogen and oxygen atoms in total. The molecule has 1 atom stereocenters. The first-order chi connectivity index (χ1) is 9.47. The van der Waals surface area contributed by atoms with Crippen molar-refractivity contribution in [3.05, 3.63) is 28.2 Å². The molecule has 0 bridgehead atoms. The highest BCUT2D eigenvalue weighted by Crippen LogP contribution is 2.23. The molecule has 2 aromatic rings. The van der Waals surface area contributed by atoms with Crippen LogP contribution in [0.3, 0.4) is 0 Å². The zero-order valence-electron chi connectivity index (χ0n) is 11.2. The van der Waals surface area contributed by atoms with Gasteiger partial charge in [-0.3, -0.25) is 4.79 Å². The summed E-state index contributed by atoms with van der Waals surface area (Å²) in [5.74, 6) is -0.198. The van der Waals surface area contributed by atoms with E-state index in [2.05, 4.69) is 31.5 Å². The van der Waals surface area contributed by atoms with Crippen LogP contribution < -0.4 is 0 Å². The predicted molar refractivity (Wildman–Crippen MR) is 77.1 cm³/mol. The Morgan fingerprint density at radius 2 is 2.25 bits per heavy atom. The normalized spacial score (nSPS) is 12.3. The predicted octanol–water partition coefficient (Wildman–Crippen LogP) is 2.52. The van der Waals surface area contributed by atoms with Gasteiger partial charge in [-0.2, -0.15) is 0 Å². The average Bonchev–Trinajstić information content (AvgIpc) is 2.79. The third kappa shape index (κ3) is 3.41. The summed E-state index contributed by atoms with van der Waals surface area (Å²) >= 11 is 3.45. The van der Waals surface area contributed by atoms with E-state index in [1.807, 2.05) is 32.0 Å². The molecule has 1 N–H and O–H groups in total. The van der Waals surface area contributed by atoms with Crippen LogP contribution in [0.5, 0.6) is 0 Å². The fourth-order valence-electron chi connectivity index (χ4n) is 1.98. The number of rotatable bonds is 5. The maximum absolute atomic E-state index is 10.7. The zero-order chi connectivity index (χ0) is 14.7. The lowest BCUT2D eigenvalue weighted by Crippen LogP contribution is -2.14. The van der Waals surface area contributed by atoms with E-state index in [4.69, 9.17) is 5.11 Å². The number of aliphatic carboxylic acids is 1. The number of carboxylic acids is 1. The van der Waals surface area contributed by atoms with Crippen molar-refractivity contribution in [1.29, 1.82) is 0 Å². The van der Waals surface area contributed by atoms with Crippen LogP contribution in [0.2, 0.25) is 0 Å². The molecule has 0 spiro atoms. The molecule has 0 fully saturated rings. The first-order valence-electron chi connectivity index (χ1n) is 6.22. The summed E-state index contributed by atoms with van der Waals surface area (Å²) in [5.41, 5.74) is 2.01. The average molecular weight is 339 g/mol. The maximum Gasteiger partial charge on any atom is 0.303 e. The van der Waals surface area contributed by atoms with Gasteiger partial charge in [0.1, 0.15) is 0 Å². The molecule has 1 aromatic heterocycles. The third-order valence-electron chi connectivity index (χ3n) is 2.96. The Hall–Kier alpha value is -1.76. The second-order valence-corrected chi connectivity index (χ2v) is 5.71. The molecule has 0 saturated heterocycles. The Morgan fingerprint density at radius 3 is 2.90 bits per heavy atom. The summed E-state index contributed by atoms with van der Waals surface area (Å²) < 4.78 is 2.68. The maximum atomic E-state index is 10.7. The van der Waals surface area contributed by atoms with Crippen LogP contribution in [0.25, 0.3) is 11.4 Å². The molecule has 1 heterocycles.